The first-order chi connectivity index (χ1) is 6.36. The molecule has 0 atom stereocenters. The molecule has 0 spiro atoms. The van der Waals surface area contributed by atoms with Crippen LogP contribution in [0.3, 0.4) is 0 Å². The Labute approximate surface area is 92.9 Å². The molecule has 0 saturated carbocycles. The number of thiophene rings is 1. The maximum atomic E-state index is 3.46. The van der Waals surface area contributed by atoms with Gasteiger partial charge in [0.1, 0.15) is 0 Å². The monoisotopic (exact) mass is 261 g/mol. The lowest BCUT2D eigenvalue weighted by atomic mass is 10.3. The molecular formula is C10H16BrNS. The van der Waals surface area contributed by atoms with E-state index in [2.05, 4.69) is 44.6 Å². The van der Waals surface area contributed by atoms with Gasteiger partial charge in [-0.2, -0.15) is 11.3 Å². The van der Waals surface area contributed by atoms with Gasteiger partial charge in [-0.25, -0.2) is 0 Å². The molecule has 0 aliphatic carbocycles. The molecule has 0 N–H and O–H groups in total. The molecule has 0 aromatic carbocycles. The maximum Gasteiger partial charge on any atom is 0.0241 e. The van der Waals surface area contributed by atoms with Gasteiger partial charge < -0.3 is 0 Å². The van der Waals surface area contributed by atoms with Gasteiger partial charge >= 0.3 is 0 Å². The van der Waals surface area contributed by atoms with E-state index in [9.17, 15) is 0 Å². The quantitative estimate of drug-likeness (QED) is 0.710. The van der Waals surface area contributed by atoms with Crippen LogP contribution < -0.4 is 0 Å². The molecule has 1 aromatic rings. The number of halogens is 1. The van der Waals surface area contributed by atoms with Crippen molar-refractivity contribution < 1.29 is 0 Å². The van der Waals surface area contributed by atoms with E-state index in [0.717, 1.165) is 18.4 Å². The number of hydrogen-bond donors (Lipinski definition) is 0. The van der Waals surface area contributed by atoms with Crippen molar-refractivity contribution in [1.82, 2.24) is 4.90 Å². The van der Waals surface area contributed by atoms with E-state index in [1.165, 1.54) is 18.5 Å². The third kappa shape index (κ3) is 4.25. The smallest absolute Gasteiger partial charge is 0.0241 e. The minimum atomic E-state index is 1.10. The Bertz CT molecular complexity index is 211. The average molecular weight is 262 g/mol. The van der Waals surface area contributed by atoms with Crippen LogP contribution in [0.25, 0.3) is 0 Å². The van der Waals surface area contributed by atoms with Gasteiger partial charge in [-0.05, 0) is 41.9 Å². The summed E-state index contributed by atoms with van der Waals surface area (Å²) < 4.78 is 0. The zero-order valence-electron chi connectivity index (χ0n) is 8.00. The van der Waals surface area contributed by atoms with Crippen LogP contribution in [0.5, 0.6) is 0 Å². The van der Waals surface area contributed by atoms with Crippen LogP contribution in [0.1, 0.15) is 18.9 Å². The summed E-state index contributed by atoms with van der Waals surface area (Å²) in [5.74, 6) is 0. The van der Waals surface area contributed by atoms with E-state index in [1.54, 1.807) is 11.3 Å². The predicted molar refractivity (Wildman–Crippen MR) is 63.7 cm³/mol. The summed E-state index contributed by atoms with van der Waals surface area (Å²) in [6.45, 7) is 5.66. The van der Waals surface area contributed by atoms with Crippen LogP contribution in [0, 0.1) is 0 Å². The summed E-state index contributed by atoms with van der Waals surface area (Å²) in [7, 11) is 0. The van der Waals surface area contributed by atoms with Crippen molar-refractivity contribution in [3.05, 3.63) is 22.4 Å². The Balaban J connectivity index is 2.31. The molecule has 3 heteroatoms. The SMILES string of the molecule is CCN(CCCBr)Cc1ccsc1. The first kappa shape index (κ1) is 11.2. The van der Waals surface area contributed by atoms with E-state index in [0.29, 0.717) is 0 Å². The van der Waals surface area contributed by atoms with Crippen molar-refractivity contribution in [3.8, 4) is 0 Å². The van der Waals surface area contributed by atoms with E-state index in [4.69, 9.17) is 0 Å². The molecule has 0 unspecified atom stereocenters. The summed E-state index contributed by atoms with van der Waals surface area (Å²) in [6.07, 6.45) is 1.23. The lowest BCUT2D eigenvalue weighted by molar-refractivity contribution is 0.282. The first-order valence-electron chi connectivity index (χ1n) is 4.66. The standard InChI is InChI=1S/C10H16BrNS/c1-2-12(6-3-5-11)8-10-4-7-13-9-10/h4,7,9H,2-3,5-6,8H2,1H3. The number of nitrogens with zero attached hydrogens (tertiary/aromatic N) is 1. The maximum absolute atomic E-state index is 3.46. The molecular weight excluding hydrogens is 246 g/mol. The van der Waals surface area contributed by atoms with Crippen molar-refractivity contribution in [2.24, 2.45) is 0 Å². The van der Waals surface area contributed by atoms with Crippen molar-refractivity contribution >= 4 is 27.3 Å². The van der Waals surface area contributed by atoms with Gasteiger partial charge in [-0.1, -0.05) is 22.9 Å². The zero-order valence-corrected chi connectivity index (χ0v) is 10.4. The Hall–Kier alpha value is 0.140. The highest BCUT2D eigenvalue weighted by molar-refractivity contribution is 9.09. The van der Waals surface area contributed by atoms with Gasteiger partial charge in [-0.3, -0.25) is 4.90 Å². The number of rotatable bonds is 6. The fraction of sp³-hybridized carbons (Fsp3) is 0.600. The Morgan fingerprint density at radius 3 is 2.92 bits per heavy atom. The molecule has 1 heterocycles. The Morgan fingerprint density at radius 2 is 2.38 bits per heavy atom. The van der Waals surface area contributed by atoms with Gasteiger partial charge in [-0.15, -0.1) is 0 Å². The van der Waals surface area contributed by atoms with E-state index >= 15 is 0 Å². The zero-order chi connectivity index (χ0) is 9.52. The van der Waals surface area contributed by atoms with Crippen LogP contribution in [-0.2, 0) is 6.54 Å². The van der Waals surface area contributed by atoms with Crippen molar-refractivity contribution in [2.45, 2.75) is 19.9 Å². The second kappa shape index (κ2) is 6.57. The van der Waals surface area contributed by atoms with E-state index < -0.39 is 0 Å². The lowest BCUT2D eigenvalue weighted by Crippen LogP contribution is -2.23. The van der Waals surface area contributed by atoms with Gasteiger partial charge in [0.15, 0.2) is 0 Å². The highest BCUT2D eigenvalue weighted by Crippen LogP contribution is 2.09. The van der Waals surface area contributed by atoms with Gasteiger partial charge in [0, 0.05) is 11.9 Å². The Morgan fingerprint density at radius 1 is 1.54 bits per heavy atom. The molecule has 0 aliphatic heterocycles. The average Bonchev–Trinajstić information content (AvgIpc) is 2.64. The molecule has 0 amide bonds. The highest BCUT2D eigenvalue weighted by atomic mass is 79.9. The molecule has 0 aliphatic rings. The summed E-state index contributed by atoms with van der Waals surface area (Å²) in [6, 6.07) is 2.21. The minimum Gasteiger partial charge on any atom is -0.299 e. The topological polar surface area (TPSA) is 3.24 Å². The van der Waals surface area contributed by atoms with Gasteiger partial charge in [0.25, 0.3) is 0 Å². The third-order valence-electron chi connectivity index (χ3n) is 2.04. The summed E-state index contributed by atoms with van der Waals surface area (Å²) in [4.78, 5) is 2.48. The minimum absolute atomic E-state index is 1.10. The molecule has 0 bridgehead atoms. The molecule has 1 aromatic heterocycles. The summed E-state index contributed by atoms with van der Waals surface area (Å²) in [5, 5.41) is 5.48. The molecule has 0 saturated heterocycles. The highest BCUT2D eigenvalue weighted by Gasteiger charge is 2.02. The first-order valence-corrected chi connectivity index (χ1v) is 6.72. The lowest BCUT2D eigenvalue weighted by Gasteiger charge is -2.18. The molecule has 1 nitrogen and oxygen atoms in total. The van der Waals surface area contributed by atoms with Gasteiger partial charge in [0.05, 0.1) is 0 Å². The van der Waals surface area contributed by atoms with Crippen molar-refractivity contribution in [3.63, 3.8) is 0 Å². The fourth-order valence-corrected chi connectivity index (χ4v) is 2.18. The summed E-state index contributed by atoms with van der Waals surface area (Å²) >= 11 is 5.24. The van der Waals surface area contributed by atoms with Crippen molar-refractivity contribution in [2.75, 3.05) is 18.4 Å². The number of alkyl halides is 1. The second-order valence-corrected chi connectivity index (χ2v) is 4.62. The molecule has 13 heavy (non-hydrogen) atoms. The molecule has 1 rings (SSSR count). The number of hydrogen-bond acceptors (Lipinski definition) is 2. The van der Waals surface area contributed by atoms with Crippen molar-refractivity contribution in [1.29, 1.82) is 0 Å². The normalized spacial score (nSPS) is 11.0. The molecule has 74 valence electrons. The van der Waals surface area contributed by atoms with Gasteiger partial charge in [0.2, 0.25) is 0 Å². The van der Waals surface area contributed by atoms with Crippen LogP contribution in [0.2, 0.25) is 0 Å². The summed E-state index contributed by atoms with van der Waals surface area (Å²) in [5.41, 5.74) is 1.45. The largest absolute Gasteiger partial charge is 0.299 e. The fourth-order valence-electron chi connectivity index (χ4n) is 1.27. The molecule has 0 radical (unpaired) electrons. The van der Waals surface area contributed by atoms with Crippen LogP contribution in [0.4, 0.5) is 0 Å². The third-order valence-corrected chi connectivity index (χ3v) is 3.33. The molecule has 0 fully saturated rings. The van der Waals surface area contributed by atoms with E-state index in [1.807, 2.05) is 0 Å². The van der Waals surface area contributed by atoms with Crippen LogP contribution in [0.15, 0.2) is 16.8 Å². The van der Waals surface area contributed by atoms with Crippen LogP contribution in [-0.4, -0.2) is 23.3 Å². The predicted octanol–water partition coefficient (Wildman–Crippen LogP) is 3.36. The second-order valence-electron chi connectivity index (χ2n) is 3.04. The Kier molecular flexibility index (Phi) is 5.67. The van der Waals surface area contributed by atoms with E-state index in [-0.39, 0.29) is 0 Å². The van der Waals surface area contributed by atoms with Crippen LogP contribution >= 0.6 is 27.3 Å².